The van der Waals surface area contributed by atoms with Crippen molar-refractivity contribution in [3.05, 3.63) is 41.9 Å². The van der Waals surface area contributed by atoms with Crippen LogP contribution in [-0.4, -0.2) is 25.7 Å². The van der Waals surface area contributed by atoms with Gasteiger partial charge in [0.1, 0.15) is 5.82 Å². The number of rotatable bonds is 2. The molecule has 2 aromatic heterocycles. The van der Waals surface area contributed by atoms with Crippen LogP contribution in [0.2, 0.25) is 0 Å². The Hall–Kier alpha value is -2.17. The molecule has 0 saturated heterocycles. The second kappa shape index (κ2) is 4.50. The maximum Gasteiger partial charge on any atom is 0.307 e. The maximum atomic E-state index is 11.4. The minimum absolute atomic E-state index is 0.111. The zero-order chi connectivity index (χ0) is 13.4. The number of hydrogen-bond donors (Lipinski definition) is 1. The summed E-state index contributed by atoms with van der Waals surface area (Å²) in [4.78, 5) is 11.4. The third-order valence-corrected chi connectivity index (χ3v) is 3.67. The zero-order valence-electron chi connectivity index (χ0n) is 10.7. The van der Waals surface area contributed by atoms with Crippen LogP contribution in [0, 0.1) is 12.8 Å². The molecular formula is C14H15N3O2. The second-order valence-electron chi connectivity index (χ2n) is 4.98. The average Bonchev–Trinajstić information content (AvgIpc) is 2.81. The van der Waals surface area contributed by atoms with E-state index in [0.29, 0.717) is 12.8 Å². The molecule has 0 bridgehead atoms. The van der Waals surface area contributed by atoms with Crippen molar-refractivity contribution < 1.29 is 9.90 Å². The van der Waals surface area contributed by atoms with E-state index in [1.807, 2.05) is 41.8 Å². The van der Waals surface area contributed by atoms with Gasteiger partial charge in [0.05, 0.1) is 5.92 Å². The van der Waals surface area contributed by atoms with Gasteiger partial charge in [-0.1, -0.05) is 12.2 Å². The number of fused-ring (bicyclic) bond motifs is 1. The van der Waals surface area contributed by atoms with Gasteiger partial charge >= 0.3 is 5.97 Å². The molecule has 2 heterocycles. The molecule has 0 saturated carbocycles. The lowest BCUT2D eigenvalue weighted by Gasteiger charge is -2.23. The lowest BCUT2D eigenvalue weighted by molar-refractivity contribution is -0.142. The number of carboxylic acid groups (broad SMARTS) is 1. The SMILES string of the molecule is Cc1ccn2c([C@@H]3CC=CC[C@@H]3C(=O)O)nnc2c1. The van der Waals surface area contributed by atoms with E-state index >= 15 is 0 Å². The fraction of sp³-hybridized carbons (Fsp3) is 0.357. The number of pyridine rings is 1. The Bertz CT molecular complexity index is 660. The van der Waals surface area contributed by atoms with Gasteiger partial charge in [0, 0.05) is 12.1 Å². The fourth-order valence-electron chi connectivity index (χ4n) is 2.64. The van der Waals surface area contributed by atoms with Crippen molar-refractivity contribution in [1.82, 2.24) is 14.6 Å². The normalized spacial score (nSPS) is 22.8. The Balaban J connectivity index is 2.08. The minimum Gasteiger partial charge on any atom is -0.481 e. The number of carboxylic acids is 1. The topological polar surface area (TPSA) is 67.5 Å². The molecule has 0 aromatic carbocycles. The largest absolute Gasteiger partial charge is 0.481 e. The van der Waals surface area contributed by atoms with Gasteiger partial charge in [-0.3, -0.25) is 9.20 Å². The molecule has 5 nitrogen and oxygen atoms in total. The number of aliphatic carboxylic acids is 1. The Morgan fingerprint density at radius 1 is 1.37 bits per heavy atom. The molecule has 1 aliphatic rings. The minimum atomic E-state index is -0.766. The lowest BCUT2D eigenvalue weighted by Crippen LogP contribution is -2.25. The average molecular weight is 257 g/mol. The van der Waals surface area contributed by atoms with E-state index in [0.717, 1.165) is 17.0 Å². The molecule has 1 N–H and O–H groups in total. The van der Waals surface area contributed by atoms with Crippen LogP contribution in [0.1, 0.15) is 30.1 Å². The molecule has 2 aromatic rings. The van der Waals surface area contributed by atoms with Crippen LogP contribution in [0.25, 0.3) is 5.65 Å². The molecule has 2 atom stereocenters. The number of aromatic nitrogens is 3. The van der Waals surface area contributed by atoms with Crippen LogP contribution < -0.4 is 0 Å². The highest BCUT2D eigenvalue weighted by molar-refractivity contribution is 5.71. The molecule has 0 spiro atoms. The highest BCUT2D eigenvalue weighted by atomic mass is 16.4. The van der Waals surface area contributed by atoms with Gasteiger partial charge in [0.15, 0.2) is 5.65 Å². The fourth-order valence-corrected chi connectivity index (χ4v) is 2.64. The molecule has 0 radical (unpaired) electrons. The van der Waals surface area contributed by atoms with E-state index in [1.165, 1.54) is 0 Å². The van der Waals surface area contributed by atoms with Crippen molar-refractivity contribution >= 4 is 11.6 Å². The molecular weight excluding hydrogens is 242 g/mol. The second-order valence-corrected chi connectivity index (χ2v) is 4.98. The summed E-state index contributed by atoms with van der Waals surface area (Å²) in [6, 6.07) is 3.93. The number of allylic oxidation sites excluding steroid dienone is 2. The van der Waals surface area contributed by atoms with Crippen LogP contribution in [0.4, 0.5) is 0 Å². The number of nitrogens with zero attached hydrogens (tertiary/aromatic N) is 3. The van der Waals surface area contributed by atoms with Crippen LogP contribution in [0.5, 0.6) is 0 Å². The lowest BCUT2D eigenvalue weighted by atomic mass is 9.82. The Morgan fingerprint density at radius 2 is 2.16 bits per heavy atom. The summed E-state index contributed by atoms with van der Waals surface area (Å²) in [7, 11) is 0. The Labute approximate surface area is 110 Å². The van der Waals surface area contributed by atoms with Gasteiger partial charge in [-0.2, -0.15) is 0 Å². The van der Waals surface area contributed by atoms with E-state index in [-0.39, 0.29) is 5.92 Å². The maximum absolute atomic E-state index is 11.4. The quantitative estimate of drug-likeness (QED) is 0.837. The van der Waals surface area contributed by atoms with Crippen LogP contribution >= 0.6 is 0 Å². The van der Waals surface area contributed by atoms with Gasteiger partial charge in [0.2, 0.25) is 0 Å². The first-order chi connectivity index (χ1) is 9.16. The summed E-state index contributed by atoms with van der Waals surface area (Å²) in [5, 5.41) is 17.7. The third-order valence-electron chi connectivity index (χ3n) is 3.67. The molecule has 5 heteroatoms. The van der Waals surface area contributed by atoms with Crippen molar-refractivity contribution in [2.75, 3.05) is 0 Å². The summed E-state index contributed by atoms with van der Waals surface area (Å²) >= 11 is 0. The first-order valence-corrected chi connectivity index (χ1v) is 6.36. The number of aryl methyl sites for hydroxylation is 1. The molecule has 98 valence electrons. The van der Waals surface area contributed by atoms with E-state index in [1.54, 1.807) is 0 Å². The molecule has 0 amide bonds. The summed E-state index contributed by atoms with van der Waals surface area (Å²) in [5.74, 6) is -0.552. The van der Waals surface area contributed by atoms with Gasteiger partial charge in [-0.15, -0.1) is 10.2 Å². The van der Waals surface area contributed by atoms with E-state index in [2.05, 4.69) is 10.2 Å². The predicted octanol–water partition coefficient (Wildman–Crippen LogP) is 2.17. The van der Waals surface area contributed by atoms with Crippen molar-refractivity contribution in [2.24, 2.45) is 5.92 Å². The first kappa shape index (κ1) is 11.9. The van der Waals surface area contributed by atoms with E-state index in [9.17, 15) is 9.90 Å². The number of carbonyl (C=O) groups is 1. The van der Waals surface area contributed by atoms with Crippen LogP contribution in [-0.2, 0) is 4.79 Å². The summed E-state index contributed by atoms with van der Waals surface area (Å²) < 4.78 is 1.90. The van der Waals surface area contributed by atoms with Crippen molar-refractivity contribution in [2.45, 2.75) is 25.7 Å². The van der Waals surface area contributed by atoms with Gasteiger partial charge in [-0.05, 0) is 37.5 Å². The monoisotopic (exact) mass is 257 g/mol. The van der Waals surface area contributed by atoms with E-state index in [4.69, 9.17) is 0 Å². The highest BCUT2D eigenvalue weighted by Crippen LogP contribution is 2.33. The molecule has 1 aliphatic carbocycles. The zero-order valence-corrected chi connectivity index (χ0v) is 10.7. The van der Waals surface area contributed by atoms with Gasteiger partial charge in [0.25, 0.3) is 0 Å². The summed E-state index contributed by atoms with van der Waals surface area (Å²) in [6.45, 7) is 2.00. The summed E-state index contributed by atoms with van der Waals surface area (Å²) in [5.41, 5.74) is 1.89. The Morgan fingerprint density at radius 3 is 2.95 bits per heavy atom. The van der Waals surface area contributed by atoms with Crippen LogP contribution in [0.3, 0.4) is 0 Å². The number of hydrogen-bond acceptors (Lipinski definition) is 3. The summed E-state index contributed by atoms with van der Waals surface area (Å²) in [6.07, 6.45) is 7.13. The van der Waals surface area contributed by atoms with Gasteiger partial charge < -0.3 is 5.11 Å². The molecule has 0 aliphatic heterocycles. The molecule has 0 fully saturated rings. The van der Waals surface area contributed by atoms with Gasteiger partial charge in [-0.25, -0.2) is 0 Å². The van der Waals surface area contributed by atoms with Crippen LogP contribution in [0.15, 0.2) is 30.5 Å². The van der Waals surface area contributed by atoms with Crippen molar-refractivity contribution in [3.63, 3.8) is 0 Å². The smallest absolute Gasteiger partial charge is 0.307 e. The molecule has 0 unspecified atom stereocenters. The predicted molar refractivity (Wildman–Crippen MR) is 70.0 cm³/mol. The Kier molecular flexibility index (Phi) is 2.81. The first-order valence-electron chi connectivity index (χ1n) is 6.36. The van der Waals surface area contributed by atoms with Crippen molar-refractivity contribution in [1.29, 1.82) is 0 Å². The standard InChI is InChI=1S/C14H15N3O2/c1-9-6-7-17-12(8-9)15-16-13(17)10-4-2-3-5-11(10)14(18)19/h2-3,6-8,10-11H,4-5H2,1H3,(H,18,19)/t10-,11+/m1/s1. The highest BCUT2D eigenvalue weighted by Gasteiger charge is 2.33. The third kappa shape index (κ3) is 2.01. The van der Waals surface area contributed by atoms with E-state index < -0.39 is 11.9 Å². The molecule has 19 heavy (non-hydrogen) atoms. The molecule has 3 rings (SSSR count). The van der Waals surface area contributed by atoms with Crippen molar-refractivity contribution in [3.8, 4) is 0 Å².